The van der Waals surface area contributed by atoms with Crippen molar-refractivity contribution in [1.82, 2.24) is 5.32 Å². The third kappa shape index (κ3) is 5.39. The molecule has 0 heterocycles. The molecule has 1 unspecified atom stereocenters. The van der Waals surface area contributed by atoms with E-state index in [9.17, 15) is 9.90 Å². The summed E-state index contributed by atoms with van der Waals surface area (Å²) in [4.78, 5) is 11.8. The standard InChI is InChI=1S/C15H22ClNO3/c1-10(2)14(18)6-7-17-15(19)8-11-4-5-12(20-3)9-13(11)16/h4-5,9-10,14,18H,6-8H2,1-3H3,(H,17,19). The highest BCUT2D eigenvalue weighted by atomic mass is 35.5. The summed E-state index contributed by atoms with van der Waals surface area (Å²) in [7, 11) is 1.57. The Balaban J connectivity index is 2.43. The number of aliphatic hydroxyl groups excluding tert-OH is 1. The van der Waals surface area contributed by atoms with Gasteiger partial charge in [-0.2, -0.15) is 0 Å². The predicted octanol–water partition coefficient (Wildman–Crippen LogP) is 2.41. The van der Waals surface area contributed by atoms with Gasteiger partial charge in [0.25, 0.3) is 0 Å². The first kappa shape index (κ1) is 16.8. The molecule has 0 bridgehead atoms. The molecule has 20 heavy (non-hydrogen) atoms. The Labute approximate surface area is 125 Å². The van der Waals surface area contributed by atoms with Crippen LogP contribution in [0.4, 0.5) is 0 Å². The smallest absolute Gasteiger partial charge is 0.224 e. The van der Waals surface area contributed by atoms with E-state index in [0.717, 1.165) is 5.56 Å². The maximum Gasteiger partial charge on any atom is 0.224 e. The molecular weight excluding hydrogens is 278 g/mol. The first-order valence-electron chi connectivity index (χ1n) is 6.71. The van der Waals surface area contributed by atoms with Crippen LogP contribution in [0.1, 0.15) is 25.8 Å². The lowest BCUT2D eigenvalue weighted by Gasteiger charge is -2.14. The van der Waals surface area contributed by atoms with Gasteiger partial charge in [0.2, 0.25) is 5.91 Å². The summed E-state index contributed by atoms with van der Waals surface area (Å²) in [5, 5.41) is 12.9. The number of amides is 1. The molecule has 5 heteroatoms. The van der Waals surface area contributed by atoms with Crippen molar-refractivity contribution in [3.05, 3.63) is 28.8 Å². The Kier molecular flexibility index (Phi) is 6.82. The van der Waals surface area contributed by atoms with Crippen molar-refractivity contribution in [2.45, 2.75) is 32.8 Å². The Morgan fingerprint density at radius 1 is 1.45 bits per heavy atom. The van der Waals surface area contributed by atoms with Gasteiger partial charge in [0.15, 0.2) is 0 Å². The monoisotopic (exact) mass is 299 g/mol. The maximum absolute atomic E-state index is 11.8. The van der Waals surface area contributed by atoms with Crippen LogP contribution in [0, 0.1) is 5.92 Å². The number of rotatable bonds is 7. The van der Waals surface area contributed by atoms with Crippen LogP contribution in [-0.4, -0.2) is 30.8 Å². The van der Waals surface area contributed by atoms with Crippen LogP contribution in [0.3, 0.4) is 0 Å². The SMILES string of the molecule is COc1ccc(CC(=O)NCCC(O)C(C)C)c(Cl)c1. The number of carbonyl (C=O) groups is 1. The van der Waals surface area contributed by atoms with E-state index < -0.39 is 0 Å². The molecule has 1 aromatic carbocycles. The lowest BCUT2D eigenvalue weighted by atomic mass is 10.0. The van der Waals surface area contributed by atoms with Crippen LogP contribution in [-0.2, 0) is 11.2 Å². The van der Waals surface area contributed by atoms with E-state index in [2.05, 4.69) is 5.32 Å². The molecule has 1 aromatic rings. The van der Waals surface area contributed by atoms with Gasteiger partial charge in [-0.15, -0.1) is 0 Å². The zero-order valence-corrected chi connectivity index (χ0v) is 12.9. The van der Waals surface area contributed by atoms with Crippen LogP contribution in [0.15, 0.2) is 18.2 Å². The second-order valence-corrected chi connectivity index (χ2v) is 5.49. The van der Waals surface area contributed by atoms with E-state index in [-0.39, 0.29) is 24.3 Å². The van der Waals surface area contributed by atoms with Gasteiger partial charge in [0.1, 0.15) is 5.75 Å². The Morgan fingerprint density at radius 2 is 2.15 bits per heavy atom. The van der Waals surface area contributed by atoms with Crippen molar-refractivity contribution in [3.8, 4) is 5.75 Å². The molecule has 0 fully saturated rings. The highest BCUT2D eigenvalue weighted by Gasteiger charge is 2.11. The van der Waals surface area contributed by atoms with E-state index in [0.29, 0.717) is 23.7 Å². The molecule has 0 saturated heterocycles. The van der Waals surface area contributed by atoms with Crippen LogP contribution >= 0.6 is 11.6 Å². The van der Waals surface area contributed by atoms with Crippen molar-refractivity contribution in [3.63, 3.8) is 0 Å². The molecule has 4 nitrogen and oxygen atoms in total. The molecule has 2 N–H and O–H groups in total. The zero-order chi connectivity index (χ0) is 15.1. The summed E-state index contributed by atoms with van der Waals surface area (Å²) >= 11 is 6.08. The summed E-state index contributed by atoms with van der Waals surface area (Å²) in [5.74, 6) is 0.759. The molecule has 1 rings (SSSR count). The Hall–Kier alpha value is -1.26. The van der Waals surface area contributed by atoms with Gasteiger partial charge in [0, 0.05) is 11.6 Å². The summed E-state index contributed by atoms with van der Waals surface area (Å²) in [6, 6.07) is 5.24. The summed E-state index contributed by atoms with van der Waals surface area (Å²) in [5.41, 5.74) is 0.759. The molecule has 0 saturated carbocycles. The highest BCUT2D eigenvalue weighted by Crippen LogP contribution is 2.22. The second kappa shape index (κ2) is 8.12. The number of methoxy groups -OCH3 is 1. The minimum atomic E-state index is -0.389. The molecule has 0 aromatic heterocycles. The predicted molar refractivity (Wildman–Crippen MR) is 80.2 cm³/mol. The Morgan fingerprint density at radius 3 is 2.70 bits per heavy atom. The summed E-state index contributed by atoms with van der Waals surface area (Å²) < 4.78 is 5.06. The average molecular weight is 300 g/mol. The topological polar surface area (TPSA) is 58.6 Å². The molecule has 0 radical (unpaired) electrons. The van der Waals surface area contributed by atoms with Crippen molar-refractivity contribution in [2.75, 3.05) is 13.7 Å². The summed E-state index contributed by atoms with van der Waals surface area (Å²) in [6.45, 7) is 4.36. The number of carbonyl (C=O) groups excluding carboxylic acids is 1. The van der Waals surface area contributed by atoms with Crippen molar-refractivity contribution >= 4 is 17.5 Å². The molecule has 0 aliphatic carbocycles. The number of halogens is 1. The largest absolute Gasteiger partial charge is 0.497 e. The highest BCUT2D eigenvalue weighted by molar-refractivity contribution is 6.31. The first-order valence-corrected chi connectivity index (χ1v) is 7.09. The quantitative estimate of drug-likeness (QED) is 0.813. The average Bonchev–Trinajstić information content (AvgIpc) is 2.40. The van der Waals surface area contributed by atoms with Crippen LogP contribution in [0.25, 0.3) is 0 Å². The van der Waals surface area contributed by atoms with E-state index in [1.807, 2.05) is 13.8 Å². The van der Waals surface area contributed by atoms with E-state index in [1.54, 1.807) is 25.3 Å². The molecular formula is C15H22ClNO3. The minimum Gasteiger partial charge on any atom is -0.497 e. The van der Waals surface area contributed by atoms with Crippen molar-refractivity contribution < 1.29 is 14.6 Å². The first-order chi connectivity index (χ1) is 9.43. The van der Waals surface area contributed by atoms with Gasteiger partial charge in [-0.05, 0) is 30.0 Å². The van der Waals surface area contributed by atoms with Crippen LogP contribution in [0.5, 0.6) is 5.75 Å². The van der Waals surface area contributed by atoms with Gasteiger partial charge in [0.05, 0.1) is 19.6 Å². The van der Waals surface area contributed by atoms with E-state index in [1.165, 1.54) is 0 Å². The van der Waals surface area contributed by atoms with Gasteiger partial charge >= 0.3 is 0 Å². The molecule has 1 amide bonds. The molecule has 0 aliphatic heterocycles. The Bertz CT molecular complexity index is 449. The molecule has 0 aliphatic rings. The lowest BCUT2D eigenvalue weighted by molar-refractivity contribution is -0.120. The van der Waals surface area contributed by atoms with Crippen molar-refractivity contribution in [1.29, 1.82) is 0 Å². The normalized spacial score (nSPS) is 12.3. The summed E-state index contributed by atoms with van der Waals surface area (Å²) in [6.07, 6.45) is 0.389. The minimum absolute atomic E-state index is 0.104. The van der Waals surface area contributed by atoms with Gasteiger partial charge in [-0.25, -0.2) is 0 Å². The number of nitrogens with one attached hydrogen (secondary N) is 1. The third-order valence-electron chi connectivity index (χ3n) is 3.14. The number of hydrogen-bond donors (Lipinski definition) is 2. The van der Waals surface area contributed by atoms with Gasteiger partial charge < -0.3 is 15.2 Å². The number of benzene rings is 1. The third-order valence-corrected chi connectivity index (χ3v) is 3.49. The molecule has 1 atom stereocenters. The fourth-order valence-corrected chi connectivity index (χ4v) is 1.96. The maximum atomic E-state index is 11.8. The van der Waals surface area contributed by atoms with E-state index >= 15 is 0 Å². The fourth-order valence-electron chi connectivity index (χ4n) is 1.73. The van der Waals surface area contributed by atoms with Crippen LogP contribution in [0.2, 0.25) is 5.02 Å². The van der Waals surface area contributed by atoms with E-state index in [4.69, 9.17) is 16.3 Å². The lowest BCUT2D eigenvalue weighted by Crippen LogP contribution is -2.29. The van der Waals surface area contributed by atoms with Crippen LogP contribution < -0.4 is 10.1 Å². The number of ether oxygens (including phenoxy) is 1. The van der Waals surface area contributed by atoms with Crippen molar-refractivity contribution in [2.24, 2.45) is 5.92 Å². The number of aliphatic hydroxyl groups is 1. The van der Waals surface area contributed by atoms with Gasteiger partial charge in [-0.3, -0.25) is 4.79 Å². The number of hydrogen-bond acceptors (Lipinski definition) is 3. The van der Waals surface area contributed by atoms with Gasteiger partial charge in [-0.1, -0.05) is 31.5 Å². The fraction of sp³-hybridized carbons (Fsp3) is 0.533. The molecule has 0 spiro atoms. The molecule has 112 valence electrons. The second-order valence-electron chi connectivity index (χ2n) is 5.08. The zero-order valence-electron chi connectivity index (χ0n) is 12.1.